The summed E-state index contributed by atoms with van der Waals surface area (Å²) >= 11 is 0. The van der Waals surface area contributed by atoms with Crippen LogP contribution in [0.4, 0.5) is 8.78 Å². The number of nitrogens with zero attached hydrogens (tertiary/aromatic N) is 2. The fraction of sp³-hybridized carbons (Fsp3) is 0.250. The van der Waals surface area contributed by atoms with E-state index in [1.807, 2.05) is 0 Å². The summed E-state index contributed by atoms with van der Waals surface area (Å²) < 4.78 is 25.1. The normalized spacial score (nSPS) is 10.6. The average Bonchev–Trinajstić information content (AvgIpc) is 2.81. The van der Waals surface area contributed by atoms with Gasteiger partial charge in [-0.1, -0.05) is 6.07 Å². The van der Waals surface area contributed by atoms with Crippen LogP contribution in [0, 0.1) is 0 Å². The molecule has 0 unspecified atom stereocenters. The number of benzene rings is 1. The molecular formula is C12H14ClF2N3O2. The Hall–Kier alpha value is -1.86. The molecule has 0 saturated heterocycles. The standard InChI is InChI=1S/C12H13F2N3O2.ClH/c13-12(14)17-4-3-9(16-17)7-15-6-8-1-2-10(18)5-11(8)19;/h1-5,12,15,18-19H,6-7H2;1H. The number of nitrogens with one attached hydrogen (secondary N) is 1. The lowest BCUT2D eigenvalue weighted by Gasteiger charge is -2.06. The van der Waals surface area contributed by atoms with Gasteiger partial charge in [0, 0.05) is 30.9 Å². The zero-order chi connectivity index (χ0) is 13.8. The summed E-state index contributed by atoms with van der Waals surface area (Å²) in [6, 6.07) is 5.77. The SMILES string of the molecule is Cl.Oc1ccc(CNCc2ccn(C(F)F)n2)c(O)c1. The third-order valence-electron chi connectivity index (χ3n) is 2.55. The van der Waals surface area contributed by atoms with Crippen molar-refractivity contribution in [2.45, 2.75) is 19.6 Å². The number of rotatable bonds is 5. The second-order valence-corrected chi connectivity index (χ2v) is 3.98. The van der Waals surface area contributed by atoms with Crippen LogP contribution in [0.1, 0.15) is 17.8 Å². The summed E-state index contributed by atoms with van der Waals surface area (Å²) in [5.74, 6) is -0.0393. The molecule has 1 aromatic heterocycles. The second kappa shape index (κ2) is 7.06. The number of hydrogen-bond acceptors (Lipinski definition) is 4. The minimum Gasteiger partial charge on any atom is -0.508 e. The highest BCUT2D eigenvalue weighted by atomic mass is 35.5. The van der Waals surface area contributed by atoms with Gasteiger partial charge < -0.3 is 15.5 Å². The molecule has 0 radical (unpaired) electrons. The molecule has 20 heavy (non-hydrogen) atoms. The molecule has 3 N–H and O–H groups in total. The molecule has 1 heterocycles. The Balaban J connectivity index is 0.00000200. The fourth-order valence-corrected chi connectivity index (χ4v) is 1.61. The summed E-state index contributed by atoms with van der Waals surface area (Å²) in [4.78, 5) is 0. The first-order valence-electron chi connectivity index (χ1n) is 5.60. The second-order valence-electron chi connectivity index (χ2n) is 3.98. The van der Waals surface area contributed by atoms with Crippen molar-refractivity contribution in [2.24, 2.45) is 0 Å². The molecule has 1 aromatic carbocycles. The lowest BCUT2D eigenvalue weighted by atomic mass is 10.2. The summed E-state index contributed by atoms with van der Waals surface area (Å²) in [7, 11) is 0. The summed E-state index contributed by atoms with van der Waals surface area (Å²) in [6.45, 7) is -2.00. The van der Waals surface area contributed by atoms with E-state index in [1.54, 1.807) is 6.07 Å². The van der Waals surface area contributed by atoms with Gasteiger partial charge in [-0.3, -0.25) is 0 Å². The van der Waals surface area contributed by atoms with Crippen molar-refractivity contribution in [1.29, 1.82) is 0 Å². The van der Waals surface area contributed by atoms with Gasteiger partial charge in [-0.25, -0.2) is 4.68 Å². The van der Waals surface area contributed by atoms with Gasteiger partial charge in [-0.2, -0.15) is 13.9 Å². The Morgan fingerprint density at radius 3 is 2.55 bits per heavy atom. The maximum Gasteiger partial charge on any atom is 0.333 e. The van der Waals surface area contributed by atoms with E-state index in [1.165, 1.54) is 24.4 Å². The zero-order valence-corrected chi connectivity index (χ0v) is 11.1. The summed E-state index contributed by atoms with van der Waals surface area (Å²) in [5, 5.41) is 25.3. The molecule has 5 nitrogen and oxygen atoms in total. The van der Waals surface area contributed by atoms with Crippen LogP contribution in [0.3, 0.4) is 0 Å². The fourth-order valence-electron chi connectivity index (χ4n) is 1.61. The molecule has 2 rings (SSSR count). The van der Waals surface area contributed by atoms with E-state index < -0.39 is 6.55 Å². The van der Waals surface area contributed by atoms with Crippen molar-refractivity contribution in [3.8, 4) is 11.5 Å². The molecule has 0 aliphatic rings. The molecule has 0 saturated carbocycles. The van der Waals surface area contributed by atoms with Gasteiger partial charge in [-0.15, -0.1) is 12.4 Å². The number of aromatic hydroxyl groups is 2. The zero-order valence-electron chi connectivity index (χ0n) is 10.3. The maximum absolute atomic E-state index is 12.3. The molecule has 110 valence electrons. The average molecular weight is 306 g/mol. The number of aromatic nitrogens is 2. The Kier molecular flexibility index (Phi) is 5.72. The van der Waals surface area contributed by atoms with Crippen LogP contribution < -0.4 is 5.32 Å². The molecule has 0 atom stereocenters. The Bertz CT molecular complexity index is 563. The van der Waals surface area contributed by atoms with Crippen LogP contribution in [0.15, 0.2) is 30.5 Å². The maximum atomic E-state index is 12.3. The van der Waals surface area contributed by atoms with Crippen molar-refractivity contribution in [1.82, 2.24) is 15.1 Å². The smallest absolute Gasteiger partial charge is 0.333 e. The largest absolute Gasteiger partial charge is 0.508 e. The van der Waals surface area contributed by atoms with Crippen LogP contribution in [0.5, 0.6) is 11.5 Å². The molecule has 0 aliphatic heterocycles. The van der Waals surface area contributed by atoms with Crippen molar-refractivity contribution in [3.05, 3.63) is 41.7 Å². The van der Waals surface area contributed by atoms with E-state index in [9.17, 15) is 13.9 Å². The molecule has 2 aromatic rings. The minimum absolute atomic E-state index is 0. The lowest BCUT2D eigenvalue weighted by Crippen LogP contribution is -2.13. The van der Waals surface area contributed by atoms with Crippen molar-refractivity contribution >= 4 is 12.4 Å². The number of phenolic OH excluding ortho intramolecular Hbond substituents is 2. The first-order chi connectivity index (χ1) is 9.06. The Morgan fingerprint density at radius 2 is 1.95 bits per heavy atom. The van der Waals surface area contributed by atoms with Gasteiger partial charge in [0.25, 0.3) is 0 Å². The first-order valence-corrected chi connectivity index (χ1v) is 5.60. The Labute approximate surface area is 120 Å². The highest BCUT2D eigenvalue weighted by Gasteiger charge is 2.07. The van der Waals surface area contributed by atoms with E-state index in [-0.39, 0.29) is 23.9 Å². The monoisotopic (exact) mass is 305 g/mol. The molecule has 0 amide bonds. The van der Waals surface area contributed by atoms with Gasteiger partial charge in [0.15, 0.2) is 0 Å². The van der Waals surface area contributed by atoms with Gasteiger partial charge in [-0.05, 0) is 12.1 Å². The molecule has 8 heteroatoms. The van der Waals surface area contributed by atoms with E-state index >= 15 is 0 Å². The molecular weight excluding hydrogens is 292 g/mol. The van der Waals surface area contributed by atoms with Crippen molar-refractivity contribution in [3.63, 3.8) is 0 Å². The summed E-state index contributed by atoms with van der Waals surface area (Å²) in [5.41, 5.74) is 1.09. The highest BCUT2D eigenvalue weighted by molar-refractivity contribution is 5.85. The van der Waals surface area contributed by atoms with Gasteiger partial charge in [0.2, 0.25) is 0 Å². The molecule has 0 aliphatic carbocycles. The first kappa shape index (κ1) is 16.2. The topological polar surface area (TPSA) is 70.3 Å². The van der Waals surface area contributed by atoms with E-state index in [0.717, 1.165) is 0 Å². The lowest BCUT2D eigenvalue weighted by molar-refractivity contribution is 0.0561. The third kappa shape index (κ3) is 4.07. The van der Waals surface area contributed by atoms with Crippen LogP contribution in [-0.4, -0.2) is 20.0 Å². The number of hydrogen-bond donors (Lipinski definition) is 3. The predicted octanol–water partition coefficient (Wildman–Crippen LogP) is 2.40. The van der Waals surface area contributed by atoms with Crippen LogP contribution in [0.2, 0.25) is 0 Å². The number of halogens is 3. The van der Waals surface area contributed by atoms with Crippen LogP contribution in [-0.2, 0) is 13.1 Å². The molecule has 0 fully saturated rings. The molecule has 0 spiro atoms. The van der Waals surface area contributed by atoms with E-state index in [0.29, 0.717) is 29.0 Å². The summed E-state index contributed by atoms with van der Waals surface area (Å²) in [6.07, 6.45) is 1.21. The molecule has 0 bridgehead atoms. The van der Waals surface area contributed by atoms with Crippen LogP contribution >= 0.6 is 12.4 Å². The van der Waals surface area contributed by atoms with Gasteiger partial charge in [0.1, 0.15) is 11.5 Å². The van der Waals surface area contributed by atoms with Gasteiger partial charge in [0.05, 0.1) is 5.69 Å². The van der Waals surface area contributed by atoms with E-state index in [2.05, 4.69) is 10.4 Å². The minimum atomic E-state index is -2.64. The van der Waals surface area contributed by atoms with Crippen molar-refractivity contribution < 1.29 is 19.0 Å². The third-order valence-corrected chi connectivity index (χ3v) is 2.55. The number of phenols is 2. The van der Waals surface area contributed by atoms with E-state index in [4.69, 9.17) is 5.11 Å². The number of alkyl halides is 2. The highest BCUT2D eigenvalue weighted by Crippen LogP contribution is 2.22. The van der Waals surface area contributed by atoms with Gasteiger partial charge >= 0.3 is 6.55 Å². The predicted molar refractivity (Wildman–Crippen MR) is 71.0 cm³/mol. The van der Waals surface area contributed by atoms with Crippen molar-refractivity contribution in [2.75, 3.05) is 0 Å². The quantitative estimate of drug-likeness (QED) is 0.793. The van der Waals surface area contributed by atoms with Crippen LogP contribution in [0.25, 0.3) is 0 Å². The Morgan fingerprint density at radius 1 is 1.20 bits per heavy atom.